The van der Waals surface area contributed by atoms with Crippen molar-refractivity contribution < 1.29 is 19.0 Å². The number of hydrogen-bond donors (Lipinski definition) is 0. The van der Waals surface area contributed by atoms with Gasteiger partial charge in [-0.15, -0.1) is 0 Å². The highest BCUT2D eigenvalue weighted by Gasteiger charge is 2.27. The number of carbonyl (C=O) groups excluding carboxylic acids is 1. The minimum Gasteiger partial charge on any atom is -0.358 e. The van der Waals surface area contributed by atoms with Crippen LogP contribution in [0.3, 0.4) is 0 Å². The van der Waals surface area contributed by atoms with Crippen molar-refractivity contribution in [3.8, 4) is 11.3 Å². The molecule has 0 aliphatic heterocycles. The van der Waals surface area contributed by atoms with Crippen molar-refractivity contribution >= 4 is 29.0 Å². The first-order valence-corrected chi connectivity index (χ1v) is 11.2. The van der Waals surface area contributed by atoms with Gasteiger partial charge in [0.05, 0.1) is 17.3 Å². The lowest BCUT2D eigenvalue weighted by Gasteiger charge is -2.24. The largest absolute Gasteiger partial charge is 0.358 e. The highest BCUT2D eigenvalue weighted by molar-refractivity contribution is 6.35. The summed E-state index contributed by atoms with van der Waals surface area (Å²) in [6, 6.07) is 12.1. The van der Waals surface area contributed by atoms with Gasteiger partial charge in [-0.3, -0.25) is 4.79 Å². The Morgan fingerprint density at radius 1 is 1.00 bits per heavy atom. The van der Waals surface area contributed by atoms with Gasteiger partial charge < -0.3 is 14.2 Å². The van der Waals surface area contributed by atoms with E-state index in [0.29, 0.717) is 32.4 Å². The maximum absolute atomic E-state index is 13.5. The average molecular weight is 491 g/mol. The van der Waals surface area contributed by atoms with Crippen LogP contribution in [0.2, 0.25) is 10.0 Å². The van der Waals surface area contributed by atoms with Crippen molar-refractivity contribution in [2.75, 3.05) is 14.2 Å². The molecule has 1 aromatic heterocycles. The maximum atomic E-state index is 13.5. The molecule has 0 bridgehead atoms. The molecule has 0 amide bonds. The summed E-state index contributed by atoms with van der Waals surface area (Å²) in [6.45, 7) is 7.64. The summed E-state index contributed by atoms with van der Waals surface area (Å²) in [5.41, 5.74) is 2.02. The Morgan fingerprint density at radius 2 is 1.70 bits per heavy atom. The number of rotatable bonds is 9. The first-order chi connectivity index (χ1) is 15.5. The molecule has 0 N–H and O–H groups in total. The second kappa shape index (κ2) is 9.95. The molecule has 3 rings (SSSR count). The topological polar surface area (TPSA) is 62.6 Å². The van der Waals surface area contributed by atoms with Gasteiger partial charge in [0.25, 0.3) is 0 Å². The van der Waals surface area contributed by atoms with E-state index in [1.165, 1.54) is 0 Å². The minimum absolute atomic E-state index is 0.207. The molecule has 2 aromatic carbocycles. The smallest absolute Gasteiger partial charge is 0.195 e. The Balaban J connectivity index is 2.17. The second-order valence-electron chi connectivity index (χ2n) is 8.49. The van der Waals surface area contributed by atoms with Crippen molar-refractivity contribution in [3.63, 3.8) is 0 Å². The van der Waals surface area contributed by atoms with Gasteiger partial charge in [-0.25, -0.2) is 4.68 Å². The van der Waals surface area contributed by atoms with Crippen molar-refractivity contribution in [2.45, 2.75) is 45.8 Å². The number of methoxy groups -OCH3 is 2. The third-order valence-electron chi connectivity index (χ3n) is 5.51. The van der Waals surface area contributed by atoms with Crippen LogP contribution in [0.25, 0.3) is 11.3 Å². The lowest BCUT2D eigenvalue weighted by Crippen LogP contribution is -2.29. The molecule has 0 saturated heterocycles. The van der Waals surface area contributed by atoms with Crippen molar-refractivity contribution in [3.05, 3.63) is 75.4 Å². The normalized spacial score (nSPS) is 12.2. The molecule has 3 aromatic rings. The van der Waals surface area contributed by atoms with Crippen LogP contribution in [0.15, 0.2) is 48.7 Å². The van der Waals surface area contributed by atoms with Gasteiger partial charge in [-0.05, 0) is 52.0 Å². The zero-order valence-corrected chi connectivity index (χ0v) is 21.1. The van der Waals surface area contributed by atoms with E-state index >= 15 is 0 Å². The third kappa shape index (κ3) is 5.65. The lowest BCUT2D eigenvalue weighted by molar-refractivity contribution is -0.204. The lowest BCUT2D eigenvalue weighted by atomic mass is 9.95. The van der Waals surface area contributed by atoms with Crippen molar-refractivity contribution in [1.82, 2.24) is 9.78 Å². The fourth-order valence-corrected chi connectivity index (χ4v) is 3.52. The highest BCUT2D eigenvalue weighted by Crippen LogP contribution is 2.33. The molecular weight excluding hydrogens is 463 g/mol. The summed E-state index contributed by atoms with van der Waals surface area (Å²) in [5.74, 6) is -1.05. The Labute approximate surface area is 204 Å². The van der Waals surface area contributed by atoms with Crippen LogP contribution in [0.4, 0.5) is 0 Å². The predicted octanol–water partition coefficient (Wildman–Crippen LogP) is 6.33. The Kier molecular flexibility index (Phi) is 7.66. The van der Waals surface area contributed by atoms with E-state index in [9.17, 15) is 4.79 Å². The number of nitrogens with zero attached hydrogens (tertiary/aromatic N) is 2. The van der Waals surface area contributed by atoms with E-state index in [4.69, 9.17) is 42.5 Å². The van der Waals surface area contributed by atoms with Crippen LogP contribution >= 0.6 is 23.2 Å². The fraction of sp³-hybridized carbons (Fsp3) is 0.360. The van der Waals surface area contributed by atoms with E-state index in [1.807, 2.05) is 33.9 Å². The van der Waals surface area contributed by atoms with Crippen LogP contribution in [-0.2, 0) is 26.5 Å². The highest BCUT2D eigenvalue weighted by atomic mass is 35.5. The molecule has 8 heteroatoms. The summed E-state index contributed by atoms with van der Waals surface area (Å²) in [5, 5.41) is 5.58. The van der Waals surface area contributed by atoms with E-state index in [-0.39, 0.29) is 12.4 Å². The molecule has 0 aliphatic carbocycles. The summed E-state index contributed by atoms with van der Waals surface area (Å²) in [4.78, 5) is 13.5. The maximum Gasteiger partial charge on any atom is 0.195 e. The summed E-state index contributed by atoms with van der Waals surface area (Å²) in [7, 11) is 3.19. The van der Waals surface area contributed by atoms with Crippen LogP contribution < -0.4 is 0 Å². The van der Waals surface area contributed by atoms with Gasteiger partial charge in [0.15, 0.2) is 17.3 Å². The monoisotopic (exact) mass is 490 g/mol. The molecule has 0 fully saturated rings. The molecule has 1 heterocycles. The third-order valence-corrected chi connectivity index (χ3v) is 6.07. The standard InChI is InChI=1S/C25H28Cl2N2O4/c1-24(2,31-5)29-14-16(15-33-25(3,4)32-6)22(28-29)18-12-11-17(26)13-20(18)23(30)19-9-7-8-10-21(19)27/h7-14H,15H2,1-6H3. The second-order valence-corrected chi connectivity index (χ2v) is 9.33. The van der Waals surface area contributed by atoms with Gasteiger partial charge >= 0.3 is 0 Å². The SMILES string of the molecule is COC(C)(C)OCc1cn(C(C)(C)OC)nc1-c1ccc(Cl)cc1C(=O)c1ccccc1Cl. The van der Waals surface area contributed by atoms with Crippen LogP contribution in [0.1, 0.15) is 49.2 Å². The minimum atomic E-state index is -0.799. The van der Waals surface area contributed by atoms with Crippen molar-refractivity contribution in [1.29, 1.82) is 0 Å². The molecule has 0 spiro atoms. The molecule has 0 radical (unpaired) electrons. The number of benzene rings is 2. The zero-order valence-electron chi connectivity index (χ0n) is 19.6. The summed E-state index contributed by atoms with van der Waals surface area (Å²) in [6.07, 6.45) is 1.85. The van der Waals surface area contributed by atoms with Crippen LogP contribution in [-0.4, -0.2) is 35.6 Å². The fourth-order valence-electron chi connectivity index (χ4n) is 3.12. The molecule has 176 valence electrons. The Bertz CT molecular complexity index is 1160. The first kappa shape index (κ1) is 25.4. The van der Waals surface area contributed by atoms with E-state index in [1.54, 1.807) is 61.4 Å². The molecule has 33 heavy (non-hydrogen) atoms. The zero-order chi connectivity index (χ0) is 24.4. The van der Waals surface area contributed by atoms with Crippen LogP contribution in [0.5, 0.6) is 0 Å². The molecule has 0 aliphatic rings. The number of ketones is 1. The van der Waals surface area contributed by atoms with Crippen LogP contribution in [0, 0.1) is 0 Å². The van der Waals surface area contributed by atoms with Gasteiger partial charge in [-0.2, -0.15) is 5.10 Å². The number of halogens is 2. The van der Waals surface area contributed by atoms with Gasteiger partial charge in [-0.1, -0.05) is 41.4 Å². The number of hydrogen-bond acceptors (Lipinski definition) is 5. The van der Waals surface area contributed by atoms with Crippen molar-refractivity contribution in [2.24, 2.45) is 0 Å². The van der Waals surface area contributed by atoms with E-state index < -0.39 is 11.5 Å². The molecule has 0 atom stereocenters. The van der Waals surface area contributed by atoms with Gasteiger partial charge in [0, 0.05) is 47.7 Å². The first-order valence-electron chi connectivity index (χ1n) is 10.4. The Morgan fingerprint density at radius 3 is 2.33 bits per heavy atom. The van der Waals surface area contributed by atoms with Gasteiger partial charge in [0.2, 0.25) is 0 Å². The predicted molar refractivity (Wildman–Crippen MR) is 130 cm³/mol. The molecule has 6 nitrogen and oxygen atoms in total. The molecule has 0 unspecified atom stereocenters. The Hall–Kier alpha value is -2.22. The quantitative estimate of drug-likeness (QED) is 0.259. The summed E-state index contributed by atoms with van der Waals surface area (Å²) >= 11 is 12.6. The van der Waals surface area contributed by atoms with E-state index in [0.717, 1.165) is 5.56 Å². The number of aromatic nitrogens is 2. The number of ether oxygens (including phenoxy) is 3. The van der Waals surface area contributed by atoms with Gasteiger partial charge in [0.1, 0.15) is 0 Å². The number of carbonyl (C=O) groups is 1. The molecular formula is C25H28Cl2N2O4. The average Bonchev–Trinajstić information content (AvgIpc) is 3.22. The summed E-state index contributed by atoms with van der Waals surface area (Å²) < 4.78 is 18.7. The molecule has 0 saturated carbocycles. The van der Waals surface area contributed by atoms with E-state index in [2.05, 4.69) is 0 Å².